The van der Waals surface area contributed by atoms with Crippen LogP contribution in [-0.4, -0.2) is 11.7 Å². The summed E-state index contributed by atoms with van der Waals surface area (Å²) in [4.78, 5) is 10.9. The Hall–Kier alpha value is -0.960. The highest BCUT2D eigenvalue weighted by atomic mass is 32.2. The maximum Gasteiger partial charge on any atom is 0.317 e. The Morgan fingerprint density at radius 2 is 2.08 bits per heavy atom. The van der Waals surface area contributed by atoms with Crippen LogP contribution in [0.5, 0.6) is 0 Å². The first kappa shape index (κ1) is 8.63. The fourth-order valence-electron chi connectivity index (χ4n) is 1.22. The lowest BCUT2D eigenvalue weighted by molar-refractivity contribution is -0.140. The van der Waals surface area contributed by atoms with Crippen LogP contribution in [0.1, 0.15) is 16.6 Å². The number of rotatable bonds is 1. The second kappa shape index (κ2) is 3.42. The van der Waals surface area contributed by atoms with E-state index in [1.165, 1.54) is 17.3 Å². The smallest absolute Gasteiger partial charge is 0.317 e. The Morgan fingerprint density at radius 1 is 1.38 bits per heavy atom. The molecule has 1 aromatic rings. The van der Waals surface area contributed by atoms with E-state index in [9.17, 15) is 4.79 Å². The van der Waals surface area contributed by atoms with Crippen molar-refractivity contribution in [3.63, 3.8) is 0 Å². The van der Waals surface area contributed by atoms with Gasteiger partial charge in [0.2, 0.25) is 0 Å². The lowest BCUT2D eigenvalue weighted by Gasteiger charge is -2.07. The molecule has 1 aliphatic heterocycles. The third-order valence-corrected chi connectivity index (χ3v) is 3.01. The summed E-state index contributed by atoms with van der Waals surface area (Å²) in [6, 6.07) is 8.07. The van der Waals surface area contributed by atoms with Gasteiger partial charge in [-0.1, -0.05) is 29.8 Å². The number of thioether (sulfide) groups is 1. The molecular weight excluding hydrogens is 184 g/mol. The quantitative estimate of drug-likeness (QED) is 0.641. The zero-order valence-corrected chi connectivity index (χ0v) is 8.14. The van der Waals surface area contributed by atoms with Gasteiger partial charge in [-0.15, -0.1) is 11.8 Å². The number of aryl methyl sites for hydroxylation is 1. The van der Waals surface area contributed by atoms with Gasteiger partial charge in [-0.05, 0) is 6.92 Å². The van der Waals surface area contributed by atoms with Crippen molar-refractivity contribution < 1.29 is 9.53 Å². The molecule has 0 aliphatic carbocycles. The molecule has 1 fully saturated rings. The number of cyclic esters (lactones) is 1. The lowest BCUT2D eigenvalue weighted by Crippen LogP contribution is -1.98. The van der Waals surface area contributed by atoms with Crippen LogP contribution in [0, 0.1) is 6.92 Å². The Labute approximate surface area is 81.3 Å². The molecule has 1 aliphatic rings. The SMILES string of the molecule is Cc1ccc([C@@H]2OC(=O)CS2)cc1. The summed E-state index contributed by atoms with van der Waals surface area (Å²) in [5.74, 6) is 0.356. The standard InChI is InChI=1S/C10H10O2S/c1-7-2-4-8(5-3-7)10-12-9(11)6-13-10/h2-5,10H,6H2,1H3/t10-/m1/s1. The zero-order valence-electron chi connectivity index (χ0n) is 7.32. The van der Waals surface area contributed by atoms with Gasteiger partial charge in [-0.3, -0.25) is 4.79 Å². The molecule has 0 radical (unpaired) electrons. The van der Waals surface area contributed by atoms with Gasteiger partial charge in [-0.25, -0.2) is 0 Å². The first-order chi connectivity index (χ1) is 6.25. The van der Waals surface area contributed by atoms with Gasteiger partial charge in [0.15, 0.2) is 5.44 Å². The van der Waals surface area contributed by atoms with Crippen molar-refractivity contribution >= 4 is 17.7 Å². The summed E-state index contributed by atoms with van der Waals surface area (Å²) in [7, 11) is 0. The normalized spacial score (nSPS) is 21.6. The van der Waals surface area contributed by atoms with Crippen LogP contribution in [0.3, 0.4) is 0 Å². The van der Waals surface area contributed by atoms with E-state index in [0.717, 1.165) is 5.56 Å². The predicted octanol–water partition coefficient (Wildman–Crippen LogP) is 2.28. The zero-order chi connectivity index (χ0) is 9.26. The van der Waals surface area contributed by atoms with Crippen LogP contribution in [-0.2, 0) is 9.53 Å². The van der Waals surface area contributed by atoms with E-state index >= 15 is 0 Å². The molecule has 0 N–H and O–H groups in total. The molecule has 1 aromatic carbocycles. The number of hydrogen-bond donors (Lipinski definition) is 0. The maximum atomic E-state index is 10.9. The molecule has 68 valence electrons. The average Bonchev–Trinajstić information content (AvgIpc) is 2.53. The molecule has 3 heteroatoms. The predicted molar refractivity (Wildman–Crippen MR) is 52.5 cm³/mol. The van der Waals surface area contributed by atoms with Gasteiger partial charge in [0.05, 0.1) is 5.75 Å². The fraction of sp³-hybridized carbons (Fsp3) is 0.300. The number of carbonyl (C=O) groups is 1. The molecule has 0 saturated carbocycles. The van der Waals surface area contributed by atoms with Crippen LogP contribution in [0.4, 0.5) is 0 Å². The van der Waals surface area contributed by atoms with Crippen LogP contribution < -0.4 is 0 Å². The number of ether oxygens (including phenoxy) is 1. The van der Waals surface area contributed by atoms with Crippen molar-refractivity contribution in [1.29, 1.82) is 0 Å². The summed E-state index contributed by atoms with van der Waals surface area (Å²) in [5.41, 5.74) is 2.20. The highest BCUT2D eigenvalue weighted by Crippen LogP contribution is 2.35. The third-order valence-electron chi connectivity index (χ3n) is 1.94. The Balaban J connectivity index is 2.17. The van der Waals surface area contributed by atoms with Crippen molar-refractivity contribution in [3.8, 4) is 0 Å². The summed E-state index contributed by atoms with van der Waals surface area (Å²) < 4.78 is 5.11. The molecule has 1 heterocycles. The molecule has 2 rings (SSSR count). The minimum atomic E-state index is -0.115. The first-order valence-electron chi connectivity index (χ1n) is 4.13. The average molecular weight is 194 g/mol. The van der Waals surface area contributed by atoms with Gasteiger partial charge >= 0.3 is 5.97 Å². The molecular formula is C10H10O2S. The van der Waals surface area contributed by atoms with E-state index in [2.05, 4.69) is 0 Å². The lowest BCUT2D eigenvalue weighted by atomic mass is 10.2. The largest absolute Gasteiger partial charge is 0.446 e. The number of esters is 1. The van der Waals surface area contributed by atoms with Crippen LogP contribution in [0.25, 0.3) is 0 Å². The second-order valence-electron chi connectivity index (χ2n) is 3.04. The van der Waals surface area contributed by atoms with E-state index in [4.69, 9.17) is 4.74 Å². The highest BCUT2D eigenvalue weighted by Gasteiger charge is 2.24. The summed E-state index contributed by atoms with van der Waals surface area (Å²) >= 11 is 1.54. The minimum absolute atomic E-state index is 0.0897. The van der Waals surface area contributed by atoms with Crippen LogP contribution in [0.2, 0.25) is 0 Å². The van der Waals surface area contributed by atoms with Crippen molar-refractivity contribution in [2.45, 2.75) is 12.4 Å². The highest BCUT2D eigenvalue weighted by molar-refractivity contribution is 8.00. The summed E-state index contributed by atoms with van der Waals surface area (Å²) in [6.45, 7) is 2.04. The summed E-state index contributed by atoms with van der Waals surface area (Å²) in [6.07, 6.45) is 0. The third kappa shape index (κ3) is 1.86. The Morgan fingerprint density at radius 3 is 2.62 bits per heavy atom. The molecule has 1 saturated heterocycles. The van der Waals surface area contributed by atoms with E-state index < -0.39 is 0 Å². The Bertz CT molecular complexity index is 318. The monoisotopic (exact) mass is 194 g/mol. The van der Waals surface area contributed by atoms with Crippen molar-refractivity contribution in [1.82, 2.24) is 0 Å². The van der Waals surface area contributed by atoms with Gasteiger partial charge in [-0.2, -0.15) is 0 Å². The molecule has 0 spiro atoms. The number of benzene rings is 1. The topological polar surface area (TPSA) is 26.3 Å². The maximum absolute atomic E-state index is 10.9. The van der Waals surface area contributed by atoms with Crippen LogP contribution >= 0.6 is 11.8 Å². The Kier molecular flexibility index (Phi) is 2.27. The summed E-state index contributed by atoms with van der Waals surface area (Å²) in [5, 5.41) is 0. The van der Waals surface area contributed by atoms with Gasteiger partial charge in [0.25, 0.3) is 0 Å². The number of hydrogen-bond acceptors (Lipinski definition) is 3. The second-order valence-corrected chi connectivity index (χ2v) is 4.09. The molecule has 1 atom stereocenters. The first-order valence-corrected chi connectivity index (χ1v) is 5.18. The fourth-order valence-corrected chi connectivity index (χ4v) is 2.10. The molecule has 0 amide bonds. The molecule has 0 unspecified atom stereocenters. The van der Waals surface area contributed by atoms with Crippen LogP contribution in [0.15, 0.2) is 24.3 Å². The van der Waals surface area contributed by atoms with Crippen molar-refractivity contribution in [3.05, 3.63) is 35.4 Å². The van der Waals surface area contributed by atoms with Crippen molar-refractivity contribution in [2.24, 2.45) is 0 Å². The molecule has 0 aromatic heterocycles. The molecule has 2 nitrogen and oxygen atoms in total. The van der Waals surface area contributed by atoms with E-state index in [0.29, 0.717) is 5.75 Å². The van der Waals surface area contributed by atoms with Gasteiger partial charge in [0.1, 0.15) is 0 Å². The van der Waals surface area contributed by atoms with Gasteiger partial charge in [0, 0.05) is 5.56 Å². The van der Waals surface area contributed by atoms with Crippen molar-refractivity contribution in [2.75, 3.05) is 5.75 Å². The van der Waals surface area contributed by atoms with Gasteiger partial charge < -0.3 is 4.74 Å². The van der Waals surface area contributed by atoms with E-state index in [-0.39, 0.29) is 11.4 Å². The molecule has 0 bridgehead atoms. The minimum Gasteiger partial charge on any atom is -0.446 e. The van der Waals surface area contributed by atoms with E-state index in [1.54, 1.807) is 0 Å². The number of carbonyl (C=O) groups excluding carboxylic acids is 1. The molecule has 13 heavy (non-hydrogen) atoms. The van der Waals surface area contributed by atoms with E-state index in [1.807, 2.05) is 31.2 Å².